The van der Waals surface area contributed by atoms with Crippen LogP contribution in [0.3, 0.4) is 0 Å². The Bertz CT molecular complexity index is 712. The van der Waals surface area contributed by atoms with Gasteiger partial charge in [-0.1, -0.05) is 32.0 Å². The molecule has 0 amide bonds. The lowest BCUT2D eigenvalue weighted by molar-refractivity contribution is -0.929. The number of rotatable bonds is 10. The SMILES string of the molecule is CC[C@H]1CC(C(C)[C@H]2CCC[N+]2(C)CCOC)C[N+]1(C)CCOC(=O)c1ccccc1. The molecule has 0 aromatic heterocycles. The lowest BCUT2D eigenvalue weighted by atomic mass is 9.83. The number of likely N-dealkylation sites (N-methyl/N-ethyl adjacent to an activating group) is 2. The van der Waals surface area contributed by atoms with Gasteiger partial charge in [0.25, 0.3) is 0 Å². The summed E-state index contributed by atoms with van der Waals surface area (Å²) in [5, 5.41) is 0. The van der Waals surface area contributed by atoms with Crippen molar-refractivity contribution in [3.8, 4) is 0 Å². The summed E-state index contributed by atoms with van der Waals surface area (Å²) in [6, 6.07) is 10.7. The van der Waals surface area contributed by atoms with Crippen LogP contribution >= 0.6 is 0 Å². The van der Waals surface area contributed by atoms with Crippen LogP contribution in [-0.2, 0) is 9.47 Å². The largest absolute Gasteiger partial charge is 0.456 e. The summed E-state index contributed by atoms with van der Waals surface area (Å²) in [7, 11) is 6.64. The number of carbonyl (C=O) groups is 1. The van der Waals surface area contributed by atoms with Gasteiger partial charge >= 0.3 is 5.97 Å². The summed E-state index contributed by atoms with van der Waals surface area (Å²) >= 11 is 0. The molecule has 174 valence electrons. The van der Waals surface area contributed by atoms with E-state index in [1.165, 1.54) is 43.3 Å². The molecule has 31 heavy (non-hydrogen) atoms. The van der Waals surface area contributed by atoms with Crippen molar-refractivity contribution in [2.75, 3.05) is 60.6 Å². The Kier molecular flexibility index (Phi) is 8.17. The second kappa shape index (κ2) is 10.5. The van der Waals surface area contributed by atoms with Gasteiger partial charge < -0.3 is 18.4 Å². The Balaban J connectivity index is 1.59. The second-order valence-corrected chi connectivity index (χ2v) is 10.4. The number of methoxy groups -OCH3 is 1. The molecule has 3 rings (SSSR count). The van der Waals surface area contributed by atoms with E-state index < -0.39 is 0 Å². The molecule has 2 aliphatic rings. The van der Waals surface area contributed by atoms with Gasteiger partial charge in [-0.05, 0) is 18.6 Å². The lowest BCUT2D eigenvalue weighted by Gasteiger charge is -2.41. The molecule has 1 aromatic rings. The quantitative estimate of drug-likeness (QED) is 0.414. The maximum Gasteiger partial charge on any atom is 0.338 e. The number of quaternary nitrogens is 2. The van der Waals surface area contributed by atoms with Crippen LogP contribution in [0, 0.1) is 11.8 Å². The molecule has 0 N–H and O–H groups in total. The molecule has 0 saturated carbocycles. The van der Waals surface area contributed by atoms with Crippen LogP contribution in [-0.4, -0.2) is 87.6 Å². The first-order valence-corrected chi connectivity index (χ1v) is 12.2. The fraction of sp³-hybridized carbons (Fsp3) is 0.731. The van der Waals surface area contributed by atoms with E-state index in [9.17, 15) is 4.79 Å². The maximum absolute atomic E-state index is 12.3. The van der Waals surface area contributed by atoms with Crippen molar-refractivity contribution in [1.82, 2.24) is 0 Å². The first-order valence-electron chi connectivity index (χ1n) is 12.2. The van der Waals surface area contributed by atoms with E-state index in [-0.39, 0.29) is 5.97 Å². The topological polar surface area (TPSA) is 35.5 Å². The molecule has 6 atom stereocenters. The lowest BCUT2D eigenvalue weighted by Crippen LogP contribution is -2.54. The Labute approximate surface area is 189 Å². The standard InChI is InChI=1S/C26H44N2O3/c1-6-24-19-23(21(2)25-13-10-14-27(25,3)15-17-30-5)20-28(24,4)16-18-31-26(29)22-11-8-7-9-12-22/h7-9,11-12,21,23-25H,6,10,13-20H2,1-5H3/q+2/t21?,23?,24-,25+,27?,28?/m0/s1. The van der Waals surface area contributed by atoms with Gasteiger partial charge in [0.05, 0.1) is 51.4 Å². The molecule has 0 bridgehead atoms. The van der Waals surface area contributed by atoms with Gasteiger partial charge in [-0.3, -0.25) is 0 Å². The van der Waals surface area contributed by atoms with E-state index in [1.807, 2.05) is 37.4 Å². The molecular formula is C26H44N2O3+2. The summed E-state index contributed by atoms with van der Waals surface area (Å²) in [6.07, 6.45) is 5.15. The number of benzene rings is 1. The minimum absolute atomic E-state index is 0.207. The summed E-state index contributed by atoms with van der Waals surface area (Å²) in [6.45, 7) is 10.7. The zero-order valence-electron chi connectivity index (χ0n) is 20.4. The molecule has 5 nitrogen and oxygen atoms in total. The van der Waals surface area contributed by atoms with Crippen LogP contribution in [0.15, 0.2) is 30.3 Å². The molecule has 2 fully saturated rings. The van der Waals surface area contributed by atoms with Crippen LogP contribution < -0.4 is 0 Å². The molecular weight excluding hydrogens is 388 g/mol. The van der Waals surface area contributed by atoms with Crippen molar-refractivity contribution in [2.45, 2.75) is 51.6 Å². The number of esters is 1. The average molecular weight is 433 g/mol. The first-order chi connectivity index (χ1) is 14.8. The predicted octanol–water partition coefficient (Wildman–Crippen LogP) is 3.98. The Hall–Kier alpha value is -1.43. The van der Waals surface area contributed by atoms with Gasteiger partial charge in [-0.15, -0.1) is 0 Å². The third kappa shape index (κ3) is 5.50. The highest BCUT2D eigenvalue weighted by Gasteiger charge is 2.50. The van der Waals surface area contributed by atoms with Crippen LogP contribution in [0.1, 0.15) is 49.9 Å². The smallest absolute Gasteiger partial charge is 0.338 e. The molecule has 5 heteroatoms. The fourth-order valence-corrected chi connectivity index (χ4v) is 6.49. The average Bonchev–Trinajstić information content (AvgIpc) is 3.32. The highest BCUT2D eigenvalue weighted by Crippen LogP contribution is 2.41. The fourth-order valence-electron chi connectivity index (χ4n) is 6.49. The van der Waals surface area contributed by atoms with Gasteiger partial charge in [0, 0.05) is 38.2 Å². The second-order valence-electron chi connectivity index (χ2n) is 10.4. The van der Waals surface area contributed by atoms with Crippen LogP contribution in [0.5, 0.6) is 0 Å². The van der Waals surface area contributed by atoms with E-state index in [2.05, 4.69) is 27.9 Å². The molecule has 1 aromatic carbocycles. The number of ether oxygens (including phenoxy) is 2. The van der Waals surface area contributed by atoms with Crippen LogP contribution in [0.2, 0.25) is 0 Å². The van der Waals surface area contributed by atoms with E-state index in [4.69, 9.17) is 9.47 Å². The van der Waals surface area contributed by atoms with Crippen molar-refractivity contribution >= 4 is 5.97 Å². The molecule has 0 spiro atoms. The van der Waals surface area contributed by atoms with E-state index >= 15 is 0 Å². The number of nitrogens with zero attached hydrogens (tertiary/aromatic N) is 2. The summed E-state index contributed by atoms with van der Waals surface area (Å²) in [5.41, 5.74) is 0.638. The Morgan fingerprint density at radius 3 is 2.52 bits per heavy atom. The highest BCUT2D eigenvalue weighted by atomic mass is 16.5. The minimum Gasteiger partial charge on any atom is -0.456 e. The molecule has 2 heterocycles. The Morgan fingerprint density at radius 2 is 1.84 bits per heavy atom. The predicted molar refractivity (Wildman–Crippen MR) is 125 cm³/mol. The monoisotopic (exact) mass is 432 g/mol. The highest BCUT2D eigenvalue weighted by molar-refractivity contribution is 5.89. The van der Waals surface area contributed by atoms with Gasteiger partial charge in [-0.2, -0.15) is 0 Å². The van der Waals surface area contributed by atoms with Crippen LogP contribution in [0.25, 0.3) is 0 Å². The number of hydrogen-bond donors (Lipinski definition) is 0. The third-order valence-corrected chi connectivity index (χ3v) is 8.55. The van der Waals surface area contributed by atoms with Crippen molar-refractivity contribution in [3.63, 3.8) is 0 Å². The van der Waals surface area contributed by atoms with Crippen molar-refractivity contribution < 1.29 is 23.2 Å². The van der Waals surface area contributed by atoms with Gasteiger partial charge in [-0.25, -0.2) is 4.79 Å². The number of hydrogen-bond acceptors (Lipinski definition) is 3. The normalized spacial score (nSPS) is 34.0. The molecule has 0 aliphatic carbocycles. The van der Waals surface area contributed by atoms with Gasteiger partial charge in [0.15, 0.2) is 0 Å². The molecule has 2 saturated heterocycles. The zero-order chi connectivity index (χ0) is 22.5. The van der Waals surface area contributed by atoms with Gasteiger partial charge in [0.1, 0.15) is 19.7 Å². The number of carbonyl (C=O) groups excluding carboxylic acids is 1. The van der Waals surface area contributed by atoms with Crippen LogP contribution in [0.4, 0.5) is 0 Å². The summed E-state index contributed by atoms with van der Waals surface area (Å²) in [5.74, 6) is 1.25. The third-order valence-electron chi connectivity index (χ3n) is 8.55. The van der Waals surface area contributed by atoms with Crippen molar-refractivity contribution in [1.29, 1.82) is 0 Å². The molecule has 2 aliphatic heterocycles. The van der Waals surface area contributed by atoms with E-state index in [1.54, 1.807) is 0 Å². The van der Waals surface area contributed by atoms with E-state index in [0.717, 1.165) is 36.1 Å². The van der Waals surface area contributed by atoms with Crippen molar-refractivity contribution in [2.24, 2.45) is 11.8 Å². The molecule has 0 radical (unpaired) electrons. The van der Waals surface area contributed by atoms with Gasteiger partial charge in [0.2, 0.25) is 0 Å². The summed E-state index contributed by atoms with van der Waals surface area (Å²) < 4.78 is 13.3. The maximum atomic E-state index is 12.3. The summed E-state index contributed by atoms with van der Waals surface area (Å²) in [4.78, 5) is 12.3. The molecule has 4 unspecified atom stereocenters. The minimum atomic E-state index is -0.207. The first kappa shape index (κ1) is 24.2. The number of likely N-dealkylation sites (tertiary alicyclic amines) is 2. The zero-order valence-corrected chi connectivity index (χ0v) is 20.4. The van der Waals surface area contributed by atoms with Crippen molar-refractivity contribution in [3.05, 3.63) is 35.9 Å². The van der Waals surface area contributed by atoms with E-state index in [0.29, 0.717) is 24.1 Å². The Morgan fingerprint density at radius 1 is 1.13 bits per heavy atom.